The largest absolute Gasteiger partial charge is 0.494 e. The van der Waals surface area contributed by atoms with Crippen LogP contribution < -0.4 is 15.4 Å². The lowest BCUT2D eigenvalue weighted by Gasteiger charge is -2.14. The molecule has 0 fully saturated rings. The minimum Gasteiger partial charge on any atom is -0.494 e. The van der Waals surface area contributed by atoms with Crippen LogP contribution in [0.4, 0.5) is 5.69 Å². The first-order valence-corrected chi connectivity index (χ1v) is 9.83. The minimum atomic E-state index is -0.301. The van der Waals surface area contributed by atoms with Crippen molar-refractivity contribution in [3.05, 3.63) is 60.5 Å². The molecule has 0 unspecified atom stereocenters. The van der Waals surface area contributed by atoms with Gasteiger partial charge in [-0.15, -0.1) is 0 Å². The highest BCUT2D eigenvalue weighted by molar-refractivity contribution is 7.80. The highest BCUT2D eigenvalue weighted by Gasteiger charge is 2.16. The second-order valence-electron chi connectivity index (χ2n) is 6.39. The summed E-state index contributed by atoms with van der Waals surface area (Å²) in [5.74, 6) is 0.512. The Balaban J connectivity index is 1.57. The second-order valence-corrected chi connectivity index (χ2v) is 6.80. The topological polar surface area (TPSA) is 68.2 Å². The summed E-state index contributed by atoms with van der Waals surface area (Å²) in [6.07, 6.45) is 11.5. The molecule has 0 atom stereocenters. The predicted molar refractivity (Wildman–Crippen MR) is 115 cm³/mol. The monoisotopic (exact) mass is 396 g/mol. The number of thiocarbonyl (C=S) groups is 1. The van der Waals surface area contributed by atoms with Crippen molar-refractivity contribution in [1.29, 1.82) is 0 Å². The normalized spacial score (nSPS) is 13.0. The number of unbranched alkanes of at least 4 members (excludes halogenated alkanes) is 1. The quantitative estimate of drug-likeness (QED) is 0.537. The summed E-state index contributed by atoms with van der Waals surface area (Å²) in [7, 11) is 0. The van der Waals surface area contributed by atoms with E-state index in [1.54, 1.807) is 16.9 Å². The molecular formula is C21H24N4O2S. The van der Waals surface area contributed by atoms with Crippen LogP contribution in [0.3, 0.4) is 0 Å². The second kappa shape index (κ2) is 9.85. The van der Waals surface area contributed by atoms with E-state index < -0.39 is 0 Å². The fourth-order valence-electron chi connectivity index (χ4n) is 2.77. The Bertz CT molecular complexity index is 884. The number of hydrogen-bond acceptors (Lipinski definition) is 4. The fraction of sp³-hybridized carbons (Fsp3) is 0.286. The molecule has 0 saturated heterocycles. The predicted octanol–water partition coefficient (Wildman–Crippen LogP) is 4.38. The van der Waals surface area contributed by atoms with Crippen molar-refractivity contribution in [2.45, 2.75) is 32.6 Å². The molecule has 0 aliphatic heterocycles. The molecule has 0 saturated carbocycles. The lowest BCUT2D eigenvalue weighted by molar-refractivity contribution is 0.0970. The number of nitrogens with zero attached hydrogens (tertiary/aromatic N) is 2. The van der Waals surface area contributed by atoms with Gasteiger partial charge in [-0.2, -0.15) is 5.10 Å². The van der Waals surface area contributed by atoms with E-state index >= 15 is 0 Å². The number of hydrogen-bond donors (Lipinski definition) is 2. The van der Waals surface area contributed by atoms with E-state index in [1.165, 1.54) is 0 Å². The van der Waals surface area contributed by atoms with Gasteiger partial charge in [0.25, 0.3) is 5.91 Å². The summed E-state index contributed by atoms with van der Waals surface area (Å²) < 4.78 is 7.30. The number of nitrogens with one attached hydrogen (secondary N) is 2. The Morgan fingerprint density at radius 2 is 2.11 bits per heavy atom. The molecule has 7 heteroatoms. The molecule has 2 N–H and O–H groups in total. The fourth-order valence-corrected chi connectivity index (χ4v) is 2.98. The van der Waals surface area contributed by atoms with E-state index in [4.69, 9.17) is 17.0 Å². The van der Waals surface area contributed by atoms with Crippen LogP contribution in [0.15, 0.2) is 54.8 Å². The standard InChI is InChI=1S/C21H24N4O2S/c1-2-3-15-27-18-11-9-16(10-12-18)23-21(28)24-20(26)19-13-14-22-25(19)17-7-5-4-6-8-17/h4-5,7,9-14H,2-3,6,8,15H2,1H3,(H2,23,24,26,28). The van der Waals surface area contributed by atoms with Gasteiger partial charge in [-0.25, -0.2) is 4.68 Å². The van der Waals surface area contributed by atoms with Crippen molar-refractivity contribution in [2.24, 2.45) is 0 Å². The summed E-state index contributed by atoms with van der Waals surface area (Å²) in [6.45, 7) is 2.83. The number of rotatable bonds is 7. The van der Waals surface area contributed by atoms with Crippen LogP contribution in [0.2, 0.25) is 0 Å². The number of carbonyl (C=O) groups is 1. The molecule has 1 aromatic carbocycles. The maximum absolute atomic E-state index is 12.6. The molecule has 146 valence electrons. The van der Waals surface area contributed by atoms with Crippen LogP contribution >= 0.6 is 12.2 Å². The number of carbonyl (C=O) groups excluding carboxylic acids is 1. The van der Waals surface area contributed by atoms with Gasteiger partial charge in [0, 0.05) is 11.4 Å². The van der Waals surface area contributed by atoms with Gasteiger partial charge in [0.1, 0.15) is 11.4 Å². The van der Waals surface area contributed by atoms with Gasteiger partial charge in [-0.3, -0.25) is 10.1 Å². The van der Waals surface area contributed by atoms with Gasteiger partial charge in [0.05, 0.1) is 12.8 Å². The van der Waals surface area contributed by atoms with Crippen molar-refractivity contribution in [2.75, 3.05) is 11.9 Å². The zero-order valence-electron chi connectivity index (χ0n) is 15.9. The average Bonchev–Trinajstić information content (AvgIpc) is 3.20. The molecule has 1 aliphatic carbocycles. The number of aromatic nitrogens is 2. The number of amides is 1. The molecular weight excluding hydrogens is 372 g/mol. The Hall–Kier alpha value is -2.93. The first kappa shape index (κ1) is 19.8. The van der Waals surface area contributed by atoms with Gasteiger partial charge in [0.15, 0.2) is 5.11 Å². The molecule has 1 heterocycles. The lowest BCUT2D eigenvalue weighted by atomic mass is 10.1. The molecule has 1 aliphatic rings. The number of benzene rings is 1. The number of ether oxygens (including phenoxy) is 1. The minimum absolute atomic E-state index is 0.231. The van der Waals surface area contributed by atoms with Crippen LogP contribution in [-0.2, 0) is 0 Å². The van der Waals surface area contributed by atoms with Gasteiger partial charge in [0.2, 0.25) is 0 Å². The maximum Gasteiger partial charge on any atom is 0.276 e. The summed E-state index contributed by atoms with van der Waals surface area (Å²) in [5, 5.41) is 10.2. The lowest BCUT2D eigenvalue weighted by Crippen LogP contribution is -2.35. The molecule has 0 bridgehead atoms. The van der Waals surface area contributed by atoms with E-state index in [9.17, 15) is 4.79 Å². The van der Waals surface area contributed by atoms with Gasteiger partial charge < -0.3 is 10.1 Å². The maximum atomic E-state index is 12.6. The molecule has 1 amide bonds. The molecule has 6 nitrogen and oxygen atoms in total. The van der Waals surface area contributed by atoms with Crippen molar-refractivity contribution >= 4 is 34.6 Å². The van der Waals surface area contributed by atoms with E-state index in [0.717, 1.165) is 42.8 Å². The van der Waals surface area contributed by atoms with Crippen LogP contribution in [0.25, 0.3) is 5.70 Å². The average molecular weight is 397 g/mol. The molecule has 1 aromatic heterocycles. The SMILES string of the molecule is CCCCOc1ccc(NC(=S)NC(=O)c2ccnn2C2=CC=CCC2)cc1. The highest BCUT2D eigenvalue weighted by Crippen LogP contribution is 2.19. The van der Waals surface area contributed by atoms with Crippen LogP contribution in [-0.4, -0.2) is 27.4 Å². The van der Waals surface area contributed by atoms with Crippen molar-refractivity contribution in [3.63, 3.8) is 0 Å². The van der Waals surface area contributed by atoms with E-state index in [1.807, 2.05) is 36.4 Å². The van der Waals surface area contributed by atoms with Crippen LogP contribution in [0.5, 0.6) is 5.75 Å². The third-order valence-corrected chi connectivity index (χ3v) is 4.45. The summed E-state index contributed by atoms with van der Waals surface area (Å²) >= 11 is 5.27. The number of allylic oxidation sites excluding steroid dienone is 4. The summed E-state index contributed by atoms with van der Waals surface area (Å²) in [4.78, 5) is 12.6. The Morgan fingerprint density at radius 3 is 2.82 bits per heavy atom. The molecule has 3 rings (SSSR count). The third-order valence-electron chi connectivity index (χ3n) is 4.25. The van der Waals surface area contributed by atoms with Crippen molar-refractivity contribution in [1.82, 2.24) is 15.1 Å². The molecule has 2 aromatic rings. The Kier molecular flexibility index (Phi) is 6.97. The first-order chi connectivity index (χ1) is 13.7. The smallest absolute Gasteiger partial charge is 0.276 e. The van der Waals surface area contributed by atoms with E-state index in [2.05, 4.69) is 28.7 Å². The first-order valence-electron chi connectivity index (χ1n) is 9.42. The van der Waals surface area contributed by atoms with Gasteiger partial charge in [-0.1, -0.05) is 25.5 Å². The third kappa shape index (κ3) is 5.29. The molecule has 28 heavy (non-hydrogen) atoms. The van der Waals surface area contributed by atoms with E-state index in [-0.39, 0.29) is 11.0 Å². The summed E-state index contributed by atoms with van der Waals surface area (Å²) in [5.41, 5.74) is 2.21. The summed E-state index contributed by atoms with van der Waals surface area (Å²) in [6, 6.07) is 9.16. The molecule has 0 radical (unpaired) electrons. The van der Waals surface area contributed by atoms with Crippen molar-refractivity contribution < 1.29 is 9.53 Å². The van der Waals surface area contributed by atoms with Crippen LogP contribution in [0, 0.1) is 0 Å². The number of anilines is 1. The highest BCUT2D eigenvalue weighted by atomic mass is 32.1. The van der Waals surface area contributed by atoms with Crippen LogP contribution in [0.1, 0.15) is 43.1 Å². The van der Waals surface area contributed by atoms with E-state index in [0.29, 0.717) is 12.3 Å². The Morgan fingerprint density at radius 1 is 1.29 bits per heavy atom. The molecule has 0 spiro atoms. The Labute approximate surface area is 170 Å². The zero-order valence-corrected chi connectivity index (χ0v) is 16.7. The van der Waals surface area contributed by atoms with Gasteiger partial charge in [-0.05, 0) is 67.9 Å². The zero-order chi connectivity index (χ0) is 19.8. The van der Waals surface area contributed by atoms with Gasteiger partial charge >= 0.3 is 0 Å². The van der Waals surface area contributed by atoms with Crippen molar-refractivity contribution in [3.8, 4) is 5.75 Å².